The molecule has 0 unspecified atom stereocenters. The van der Waals surface area contributed by atoms with Crippen LogP contribution in [0.5, 0.6) is 17.2 Å². The van der Waals surface area contributed by atoms with Gasteiger partial charge in [0.05, 0.1) is 53.8 Å². The molecule has 0 spiro atoms. The van der Waals surface area contributed by atoms with E-state index in [1.165, 1.54) is 11.3 Å². The Morgan fingerprint density at radius 1 is 0.976 bits per heavy atom. The van der Waals surface area contributed by atoms with Crippen LogP contribution in [0.4, 0.5) is 0 Å². The first-order valence-corrected chi connectivity index (χ1v) is 14.9. The number of benzene rings is 3. The van der Waals surface area contributed by atoms with Crippen LogP contribution in [0.25, 0.3) is 11.8 Å². The summed E-state index contributed by atoms with van der Waals surface area (Å²) in [6.45, 7) is 4.37. The molecule has 1 aliphatic rings. The van der Waals surface area contributed by atoms with E-state index in [4.69, 9.17) is 23.9 Å². The second-order valence-electron chi connectivity index (χ2n) is 9.17. The van der Waals surface area contributed by atoms with Gasteiger partial charge in [0.25, 0.3) is 5.56 Å². The lowest BCUT2D eigenvalue weighted by molar-refractivity contribution is -0.138. The molecule has 0 aliphatic carbocycles. The number of carbonyl (C=O) groups excluding carboxylic acids is 1. The van der Waals surface area contributed by atoms with Crippen LogP contribution in [0.1, 0.15) is 36.6 Å². The number of hydrogen-bond donors (Lipinski definition) is 0. The van der Waals surface area contributed by atoms with E-state index in [0.29, 0.717) is 38.7 Å². The summed E-state index contributed by atoms with van der Waals surface area (Å²) >= 11 is 4.81. The van der Waals surface area contributed by atoms with Crippen LogP contribution in [0.3, 0.4) is 0 Å². The molecule has 0 radical (unpaired) electrons. The molecule has 2 heterocycles. The highest BCUT2D eigenvalue weighted by Crippen LogP contribution is 2.38. The number of aromatic nitrogens is 1. The Kier molecular flexibility index (Phi) is 8.94. The van der Waals surface area contributed by atoms with Crippen molar-refractivity contribution < 1.29 is 23.7 Å². The first-order valence-electron chi connectivity index (χ1n) is 13.3. The van der Waals surface area contributed by atoms with Crippen LogP contribution < -0.4 is 29.1 Å². The first-order chi connectivity index (χ1) is 20.4. The van der Waals surface area contributed by atoms with Crippen LogP contribution in [0, 0.1) is 0 Å². The molecule has 1 aromatic heterocycles. The summed E-state index contributed by atoms with van der Waals surface area (Å²) in [7, 11) is 3.09. The van der Waals surface area contributed by atoms with Gasteiger partial charge in [0, 0.05) is 5.56 Å². The molecule has 1 aliphatic heterocycles. The zero-order valence-electron chi connectivity index (χ0n) is 23.5. The van der Waals surface area contributed by atoms with Gasteiger partial charge in [-0.15, -0.1) is 0 Å². The largest absolute Gasteiger partial charge is 0.493 e. The van der Waals surface area contributed by atoms with Gasteiger partial charge >= 0.3 is 5.97 Å². The number of rotatable bonds is 9. The van der Waals surface area contributed by atoms with Gasteiger partial charge in [0.2, 0.25) is 0 Å². The van der Waals surface area contributed by atoms with Crippen molar-refractivity contribution in [3.8, 4) is 17.2 Å². The molecule has 0 fully saturated rings. The van der Waals surface area contributed by atoms with Crippen molar-refractivity contribution in [1.82, 2.24) is 4.57 Å². The Morgan fingerprint density at radius 2 is 1.71 bits per heavy atom. The molecular weight excluding hydrogens is 620 g/mol. The maximum Gasteiger partial charge on any atom is 0.338 e. The molecule has 0 saturated carbocycles. The summed E-state index contributed by atoms with van der Waals surface area (Å²) in [5.41, 5.74) is 2.63. The molecule has 0 N–H and O–H groups in total. The number of carbonyl (C=O) groups is 1. The number of fused-ring (bicyclic) bond motifs is 1. The van der Waals surface area contributed by atoms with Crippen molar-refractivity contribution in [3.05, 3.63) is 113 Å². The smallest absolute Gasteiger partial charge is 0.338 e. The fourth-order valence-corrected chi connectivity index (χ4v) is 6.32. The highest BCUT2D eigenvalue weighted by molar-refractivity contribution is 9.10. The standard InChI is InChI=1S/C32H29BrN2O6S/c1-5-40-23-14-12-19(16-22(23)33)17-26-30(36)35-29(21-13-15-24(38-3)25(18-21)39-4)27(31(37)41-6-2)28(34-32(35)42-26)20-10-8-7-9-11-20/h7-18,29H,5-6H2,1-4H3/b26-17-/t29-/m0/s1. The Balaban J connectivity index is 1.80. The van der Waals surface area contributed by atoms with Crippen LogP contribution in [0.2, 0.25) is 0 Å². The van der Waals surface area contributed by atoms with E-state index in [-0.39, 0.29) is 17.7 Å². The van der Waals surface area contributed by atoms with Gasteiger partial charge in [0.15, 0.2) is 16.3 Å². The first kappa shape index (κ1) is 29.3. The molecule has 0 saturated heterocycles. The summed E-state index contributed by atoms with van der Waals surface area (Å²) in [4.78, 5) is 33.1. The van der Waals surface area contributed by atoms with Gasteiger partial charge in [-0.1, -0.05) is 53.8 Å². The average molecular weight is 650 g/mol. The molecule has 1 atom stereocenters. The lowest BCUT2D eigenvalue weighted by Crippen LogP contribution is -2.40. The van der Waals surface area contributed by atoms with Gasteiger partial charge in [-0.3, -0.25) is 9.36 Å². The second-order valence-corrected chi connectivity index (χ2v) is 11.0. The van der Waals surface area contributed by atoms with E-state index in [9.17, 15) is 9.59 Å². The molecule has 0 bridgehead atoms. The number of nitrogens with zero attached hydrogens (tertiary/aromatic N) is 2. The predicted octanol–water partition coefficient (Wildman–Crippen LogP) is 5.11. The molecule has 4 aromatic rings. The quantitative estimate of drug-likeness (QED) is 0.234. The van der Waals surface area contributed by atoms with Crippen molar-refractivity contribution in [2.24, 2.45) is 4.99 Å². The molecule has 5 rings (SSSR count). The van der Waals surface area contributed by atoms with E-state index in [1.807, 2.05) is 67.6 Å². The van der Waals surface area contributed by atoms with Crippen molar-refractivity contribution in [1.29, 1.82) is 0 Å². The maximum absolute atomic E-state index is 14.1. The molecule has 42 heavy (non-hydrogen) atoms. The molecule has 8 nitrogen and oxygen atoms in total. The van der Waals surface area contributed by atoms with Crippen LogP contribution in [-0.4, -0.2) is 38.0 Å². The van der Waals surface area contributed by atoms with Gasteiger partial charge in [-0.25, -0.2) is 9.79 Å². The summed E-state index contributed by atoms with van der Waals surface area (Å²) in [5.74, 6) is 1.17. The zero-order valence-corrected chi connectivity index (χ0v) is 26.0. The Labute approximate surface area is 255 Å². The maximum atomic E-state index is 14.1. The van der Waals surface area contributed by atoms with Gasteiger partial charge < -0.3 is 18.9 Å². The highest BCUT2D eigenvalue weighted by atomic mass is 79.9. The van der Waals surface area contributed by atoms with Gasteiger partial charge in [0.1, 0.15) is 5.75 Å². The van der Waals surface area contributed by atoms with E-state index in [2.05, 4.69) is 15.9 Å². The third-order valence-electron chi connectivity index (χ3n) is 6.65. The Hall–Kier alpha value is -4.15. The minimum absolute atomic E-state index is 0.167. The van der Waals surface area contributed by atoms with Crippen LogP contribution >= 0.6 is 27.3 Å². The molecule has 216 valence electrons. The van der Waals surface area contributed by atoms with E-state index < -0.39 is 12.0 Å². The molecule has 3 aromatic carbocycles. The third kappa shape index (κ3) is 5.64. The average Bonchev–Trinajstić information content (AvgIpc) is 3.32. The summed E-state index contributed by atoms with van der Waals surface area (Å²) in [6, 6.07) is 19.6. The molecular formula is C32H29BrN2O6S. The van der Waals surface area contributed by atoms with Crippen molar-refractivity contribution >= 4 is 45.0 Å². The fourth-order valence-electron chi connectivity index (χ4n) is 4.81. The number of ether oxygens (including phenoxy) is 4. The van der Waals surface area contributed by atoms with Gasteiger partial charge in [-0.2, -0.15) is 0 Å². The van der Waals surface area contributed by atoms with Crippen molar-refractivity contribution in [3.63, 3.8) is 0 Å². The molecule has 0 amide bonds. The number of methoxy groups -OCH3 is 2. The topological polar surface area (TPSA) is 88.4 Å². The zero-order chi connectivity index (χ0) is 29.8. The van der Waals surface area contributed by atoms with Crippen LogP contribution in [0.15, 0.2) is 86.6 Å². The van der Waals surface area contributed by atoms with Crippen LogP contribution in [-0.2, 0) is 9.53 Å². The second kappa shape index (κ2) is 12.8. The summed E-state index contributed by atoms with van der Waals surface area (Å²) in [6.07, 6.45) is 1.81. The normalized spacial score (nSPS) is 14.7. The monoisotopic (exact) mass is 648 g/mol. The fraction of sp³-hybridized carbons (Fsp3) is 0.219. The Bertz CT molecular complexity index is 1840. The third-order valence-corrected chi connectivity index (χ3v) is 8.25. The summed E-state index contributed by atoms with van der Waals surface area (Å²) < 4.78 is 25.0. The number of esters is 1. The Morgan fingerprint density at radius 3 is 2.38 bits per heavy atom. The summed E-state index contributed by atoms with van der Waals surface area (Å²) in [5, 5.41) is 0. The van der Waals surface area contributed by atoms with Gasteiger partial charge in [-0.05, 0) is 71.2 Å². The minimum atomic E-state index is -0.829. The van der Waals surface area contributed by atoms with E-state index in [1.54, 1.807) is 37.8 Å². The number of hydrogen-bond acceptors (Lipinski definition) is 8. The number of thiazole rings is 1. The molecule has 10 heteroatoms. The lowest BCUT2D eigenvalue weighted by atomic mass is 9.93. The van der Waals surface area contributed by atoms with E-state index in [0.717, 1.165) is 21.3 Å². The van der Waals surface area contributed by atoms with Crippen molar-refractivity contribution in [2.75, 3.05) is 27.4 Å². The predicted molar refractivity (Wildman–Crippen MR) is 166 cm³/mol. The number of halogens is 1. The van der Waals surface area contributed by atoms with E-state index >= 15 is 0 Å². The minimum Gasteiger partial charge on any atom is -0.493 e. The van der Waals surface area contributed by atoms with Crippen molar-refractivity contribution in [2.45, 2.75) is 19.9 Å². The SMILES string of the molecule is CCOC(=O)C1=C(c2ccccc2)N=c2s/c(=C\c3ccc(OCC)c(Br)c3)c(=O)n2[C@H]1c1ccc(OC)c(OC)c1. The lowest BCUT2D eigenvalue weighted by Gasteiger charge is -2.26. The highest BCUT2D eigenvalue weighted by Gasteiger charge is 2.35.